The minimum absolute atomic E-state index is 0.0907. The van der Waals surface area contributed by atoms with Crippen molar-refractivity contribution >= 4 is 34.2 Å². The fourth-order valence-electron chi connectivity index (χ4n) is 1.99. The van der Waals surface area contributed by atoms with Crippen molar-refractivity contribution < 1.29 is 23.0 Å². The number of methoxy groups -OCH3 is 1. The molecule has 0 atom stereocenters. The number of benzene rings is 1. The van der Waals surface area contributed by atoms with Crippen LogP contribution in [0, 0.1) is 10.5 Å². The second-order valence-corrected chi connectivity index (χ2v) is 6.03. The summed E-state index contributed by atoms with van der Waals surface area (Å²) in [6.07, 6.45) is 2.09. The molecule has 0 radical (unpaired) electrons. The molecule has 1 N–H and O–H groups in total. The molecule has 1 amide bonds. The zero-order chi connectivity index (χ0) is 17.7. The number of nitrogens with zero attached hydrogens (tertiary/aromatic N) is 2. The van der Waals surface area contributed by atoms with E-state index in [1.54, 1.807) is 4.68 Å². The number of hydrogen-bond acceptors (Lipinski definition) is 4. The van der Waals surface area contributed by atoms with Crippen molar-refractivity contribution in [3.05, 3.63) is 33.7 Å². The summed E-state index contributed by atoms with van der Waals surface area (Å²) in [5, 5.41) is 6.96. The van der Waals surface area contributed by atoms with Gasteiger partial charge >= 0.3 is 6.61 Å². The zero-order valence-corrected chi connectivity index (χ0v) is 15.2. The van der Waals surface area contributed by atoms with Gasteiger partial charge in [-0.1, -0.05) is 0 Å². The number of aryl methyl sites for hydroxylation is 2. The lowest BCUT2D eigenvalue weighted by Gasteiger charge is -2.12. The third-order valence-corrected chi connectivity index (χ3v) is 4.18. The summed E-state index contributed by atoms with van der Waals surface area (Å²) >= 11 is 2.18. The summed E-state index contributed by atoms with van der Waals surface area (Å²) in [5.41, 5.74) is 1.35. The Hall–Kier alpha value is -1.91. The summed E-state index contributed by atoms with van der Waals surface area (Å²) in [6, 6.07) is 4.22. The van der Waals surface area contributed by atoms with Gasteiger partial charge in [0.1, 0.15) is 0 Å². The van der Waals surface area contributed by atoms with Crippen LogP contribution < -0.4 is 14.8 Å². The number of nitrogens with one attached hydrogen (secondary N) is 1. The second-order valence-electron chi connectivity index (χ2n) is 4.87. The number of anilines is 1. The molecule has 1 aromatic heterocycles. The summed E-state index contributed by atoms with van der Waals surface area (Å²) in [5.74, 6) is -0.194. The van der Waals surface area contributed by atoms with Crippen molar-refractivity contribution in [3.8, 4) is 11.5 Å². The van der Waals surface area contributed by atoms with Gasteiger partial charge in [0.25, 0.3) is 0 Å². The van der Waals surface area contributed by atoms with Gasteiger partial charge in [-0.05, 0) is 41.6 Å². The minimum Gasteiger partial charge on any atom is -0.493 e. The van der Waals surface area contributed by atoms with Crippen LogP contribution in [0.15, 0.2) is 24.4 Å². The van der Waals surface area contributed by atoms with E-state index in [0.29, 0.717) is 12.2 Å². The van der Waals surface area contributed by atoms with Gasteiger partial charge in [0.05, 0.1) is 16.4 Å². The van der Waals surface area contributed by atoms with Crippen LogP contribution in [0.25, 0.3) is 0 Å². The predicted molar refractivity (Wildman–Crippen MR) is 92.6 cm³/mol. The van der Waals surface area contributed by atoms with Gasteiger partial charge in [-0.3, -0.25) is 9.48 Å². The third kappa shape index (κ3) is 5.05. The van der Waals surface area contributed by atoms with Gasteiger partial charge in [0, 0.05) is 30.9 Å². The van der Waals surface area contributed by atoms with E-state index < -0.39 is 6.61 Å². The molecule has 0 aliphatic heterocycles. The number of alkyl halides is 2. The molecule has 0 saturated heterocycles. The summed E-state index contributed by atoms with van der Waals surface area (Å²) in [4.78, 5) is 12.0. The van der Waals surface area contributed by atoms with E-state index in [9.17, 15) is 13.6 Å². The van der Waals surface area contributed by atoms with Crippen molar-refractivity contribution in [1.82, 2.24) is 9.78 Å². The Labute approximate surface area is 151 Å². The van der Waals surface area contributed by atoms with E-state index in [1.807, 2.05) is 13.1 Å². The Morgan fingerprint density at radius 2 is 2.17 bits per heavy atom. The Morgan fingerprint density at radius 3 is 2.75 bits per heavy atom. The number of hydrogen-bond donors (Lipinski definition) is 1. The van der Waals surface area contributed by atoms with E-state index in [4.69, 9.17) is 4.74 Å². The molecule has 0 fully saturated rings. The Bertz CT molecular complexity index is 702. The van der Waals surface area contributed by atoms with E-state index in [0.717, 1.165) is 9.26 Å². The molecule has 0 unspecified atom stereocenters. The SMILES string of the molecule is COc1cc(NC(=O)CCn2cc(I)c(C)n2)ccc1OC(F)F. The Balaban J connectivity index is 1.95. The van der Waals surface area contributed by atoms with Crippen LogP contribution >= 0.6 is 22.6 Å². The maximum atomic E-state index is 12.3. The molecule has 1 aromatic carbocycles. The van der Waals surface area contributed by atoms with Crippen LogP contribution in [0.2, 0.25) is 0 Å². The van der Waals surface area contributed by atoms with Crippen LogP contribution in [-0.4, -0.2) is 29.4 Å². The lowest BCUT2D eigenvalue weighted by molar-refractivity contribution is -0.116. The molecule has 24 heavy (non-hydrogen) atoms. The number of amides is 1. The molecule has 2 rings (SSSR count). The molecule has 6 nitrogen and oxygen atoms in total. The minimum atomic E-state index is -2.94. The van der Waals surface area contributed by atoms with Gasteiger partial charge in [0.2, 0.25) is 5.91 Å². The van der Waals surface area contributed by atoms with Crippen LogP contribution in [0.5, 0.6) is 11.5 Å². The number of rotatable bonds is 7. The zero-order valence-electron chi connectivity index (χ0n) is 13.1. The summed E-state index contributed by atoms with van der Waals surface area (Å²) in [7, 11) is 1.33. The van der Waals surface area contributed by atoms with Crippen LogP contribution in [0.4, 0.5) is 14.5 Å². The molecule has 0 aliphatic carbocycles. The number of aromatic nitrogens is 2. The number of ether oxygens (including phenoxy) is 2. The first kappa shape index (κ1) is 18.4. The fourth-order valence-corrected chi connectivity index (χ4v) is 2.42. The first-order valence-electron chi connectivity index (χ1n) is 7.01. The molecular formula is C15H16F2IN3O3. The highest BCUT2D eigenvalue weighted by Gasteiger charge is 2.12. The van der Waals surface area contributed by atoms with Gasteiger partial charge in [-0.2, -0.15) is 13.9 Å². The molecule has 9 heteroatoms. The highest BCUT2D eigenvalue weighted by Crippen LogP contribution is 2.31. The average molecular weight is 451 g/mol. The van der Waals surface area contributed by atoms with Gasteiger partial charge < -0.3 is 14.8 Å². The predicted octanol–water partition coefficient (Wildman–Crippen LogP) is 3.43. The first-order valence-corrected chi connectivity index (χ1v) is 8.09. The van der Waals surface area contributed by atoms with Crippen LogP contribution in [0.3, 0.4) is 0 Å². The fraction of sp³-hybridized carbons (Fsp3) is 0.333. The lowest BCUT2D eigenvalue weighted by Crippen LogP contribution is -2.15. The van der Waals surface area contributed by atoms with Crippen molar-refractivity contribution in [2.45, 2.75) is 26.5 Å². The highest BCUT2D eigenvalue weighted by atomic mass is 127. The Morgan fingerprint density at radius 1 is 1.42 bits per heavy atom. The highest BCUT2D eigenvalue weighted by molar-refractivity contribution is 14.1. The van der Waals surface area contributed by atoms with E-state index >= 15 is 0 Å². The molecule has 1 heterocycles. The largest absolute Gasteiger partial charge is 0.493 e. The molecule has 130 valence electrons. The maximum absolute atomic E-state index is 12.3. The molecule has 0 saturated carbocycles. The van der Waals surface area contributed by atoms with Crippen LogP contribution in [-0.2, 0) is 11.3 Å². The van der Waals surface area contributed by atoms with Crippen molar-refractivity contribution in [2.75, 3.05) is 12.4 Å². The van der Waals surface area contributed by atoms with Gasteiger partial charge in [-0.15, -0.1) is 0 Å². The van der Waals surface area contributed by atoms with Crippen molar-refractivity contribution in [2.24, 2.45) is 0 Å². The topological polar surface area (TPSA) is 65.4 Å². The lowest BCUT2D eigenvalue weighted by atomic mass is 10.2. The van der Waals surface area contributed by atoms with E-state index in [-0.39, 0.29) is 23.8 Å². The molecular weight excluding hydrogens is 435 g/mol. The quantitative estimate of drug-likeness (QED) is 0.656. The molecule has 0 spiro atoms. The monoisotopic (exact) mass is 451 g/mol. The van der Waals surface area contributed by atoms with E-state index in [2.05, 4.69) is 37.7 Å². The van der Waals surface area contributed by atoms with Crippen LogP contribution in [0.1, 0.15) is 12.1 Å². The summed E-state index contributed by atoms with van der Waals surface area (Å²) < 4.78 is 36.6. The smallest absolute Gasteiger partial charge is 0.387 e. The number of carbonyl (C=O) groups excluding carboxylic acids is 1. The van der Waals surface area contributed by atoms with Crippen molar-refractivity contribution in [1.29, 1.82) is 0 Å². The second kappa shape index (κ2) is 8.27. The summed E-state index contributed by atoms with van der Waals surface area (Å²) in [6.45, 7) is -0.604. The number of halogens is 3. The number of carbonyl (C=O) groups is 1. The Kier molecular flexibility index (Phi) is 6.35. The maximum Gasteiger partial charge on any atom is 0.387 e. The van der Waals surface area contributed by atoms with Gasteiger partial charge in [-0.25, -0.2) is 0 Å². The standard InChI is InChI=1S/C15H16F2IN3O3/c1-9-11(18)8-21(20-9)6-5-14(22)19-10-3-4-12(24-15(16)17)13(7-10)23-2/h3-4,7-8,15H,5-6H2,1-2H3,(H,19,22). The average Bonchev–Trinajstić information content (AvgIpc) is 2.85. The van der Waals surface area contributed by atoms with Gasteiger partial charge in [0.15, 0.2) is 11.5 Å². The third-order valence-electron chi connectivity index (χ3n) is 3.12. The normalized spacial score (nSPS) is 10.8. The first-order chi connectivity index (χ1) is 11.4. The molecule has 2 aromatic rings. The molecule has 0 aliphatic rings. The van der Waals surface area contributed by atoms with E-state index in [1.165, 1.54) is 25.3 Å². The molecule has 0 bridgehead atoms. The van der Waals surface area contributed by atoms with Crippen molar-refractivity contribution in [3.63, 3.8) is 0 Å².